The molecule has 0 spiro atoms. The van der Waals surface area contributed by atoms with Crippen LogP contribution < -0.4 is 5.32 Å². The summed E-state index contributed by atoms with van der Waals surface area (Å²) in [5, 5.41) is 3.40. The van der Waals surface area contributed by atoms with Gasteiger partial charge in [0.25, 0.3) is 0 Å². The van der Waals surface area contributed by atoms with Crippen molar-refractivity contribution in [1.82, 2.24) is 15.1 Å². The van der Waals surface area contributed by atoms with Gasteiger partial charge in [-0.2, -0.15) is 0 Å². The van der Waals surface area contributed by atoms with E-state index in [9.17, 15) is 0 Å². The zero-order valence-corrected chi connectivity index (χ0v) is 12.5. The van der Waals surface area contributed by atoms with Crippen LogP contribution in [0.3, 0.4) is 0 Å². The molecule has 4 nitrogen and oxygen atoms in total. The Kier molecular flexibility index (Phi) is 8.59. The topological polar surface area (TPSA) is 27.7 Å². The van der Waals surface area contributed by atoms with Crippen LogP contribution in [0.2, 0.25) is 0 Å². The third kappa shape index (κ3) is 6.69. The lowest BCUT2D eigenvalue weighted by Crippen LogP contribution is -2.45. The van der Waals surface area contributed by atoms with E-state index in [1.54, 1.807) is 7.11 Å². The van der Waals surface area contributed by atoms with Crippen molar-refractivity contribution in [3.05, 3.63) is 0 Å². The van der Waals surface area contributed by atoms with Crippen molar-refractivity contribution in [1.29, 1.82) is 0 Å². The number of ether oxygens (including phenoxy) is 1. The molecule has 1 aliphatic heterocycles. The Balaban J connectivity index is 1.98. The summed E-state index contributed by atoms with van der Waals surface area (Å²) in [5.74, 6) is 0. The normalized spacial score (nSPS) is 21.7. The number of nitrogens with zero attached hydrogens (tertiary/aromatic N) is 2. The maximum absolute atomic E-state index is 5.00. The van der Waals surface area contributed by atoms with Crippen molar-refractivity contribution in [2.24, 2.45) is 0 Å². The van der Waals surface area contributed by atoms with Crippen LogP contribution in [0.25, 0.3) is 0 Å². The molecule has 0 bridgehead atoms. The number of unbranched alkanes of at least 4 members (excludes halogenated alkanes) is 1. The summed E-state index contributed by atoms with van der Waals surface area (Å²) >= 11 is 0. The summed E-state index contributed by atoms with van der Waals surface area (Å²) in [4.78, 5) is 5.00. The SMILES string of the molecule is COCCNCCCCN1CCCC(N(C)C)C1. The summed E-state index contributed by atoms with van der Waals surface area (Å²) in [5.41, 5.74) is 0. The first-order valence-electron chi connectivity index (χ1n) is 7.32. The molecule has 1 fully saturated rings. The molecule has 1 N–H and O–H groups in total. The van der Waals surface area contributed by atoms with E-state index in [0.29, 0.717) is 0 Å². The number of methoxy groups -OCH3 is 1. The Morgan fingerprint density at radius 2 is 2.11 bits per heavy atom. The second kappa shape index (κ2) is 9.73. The van der Waals surface area contributed by atoms with Gasteiger partial charge in [-0.3, -0.25) is 0 Å². The van der Waals surface area contributed by atoms with E-state index in [2.05, 4.69) is 29.2 Å². The molecular formula is C14H31N3O. The Morgan fingerprint density at radius 3 is 2.83 bits per heavy atom. The Labute approximate surface area is 113 Å². The highest BCUT2D eigenvalue weighted by Gasteiger charge is 2.20. The Bertz CT molecular complexity index is 199. The lowest BCUT2D eigenvalue weighted by molar-refractivity contribution is 0.131. The molecule has 1 rings (SSSR count). The molecule has 4 heteroatoms. The van der Waals surface area contributed by atoms with Crippen LogP contribution in [-0.4, -0.2) is 76.4 Å². The molecule has 108 valence electrons. The van der Waals surface area contributed by atoms with Gasteiger partial charge >= 0.3 is 0 Å². The van der Waals surface area contributed by atoms with Crippen LogP contribution in [0.4, 0.5) is 0 Å². The number of likely N-dealkylation sites (N-methyl/N-ethyl adjacent to an activating group) is 1. The van der Waals surface area contributed by atoms with Gasteiger partial charge < -0.3 is 19.9 Å². The molecule has 0 amide bonds. The van der Waals surface area contributed by atoms with E-state index in [0.717, 1.165) is 25.7 Å². The van der Waals surface area contributed by atoms with Crippen molar-refractivity contribution >= 4 is 0 Å². The van der Waals surface area contributed by atoms with Gasteiger partial charge in [0.05, 0.1) is 6.61 Å². The van der Waals surface area contributed by atoms with Crippen molar-refractivity contribution in [3.63, 3.8) is 0 Å². The van der Waals surface area contributed by atoms with E-state index in [1.807, 2.05) is 0 Å². The molecule has 0 aromatic heterocycles. The highest BCUT2D eigenvalue weighted by Crippen LogP contribution is 2.13. The average Bonchev–Trinajstić information content (AvgIpc) is 2.38. The molecule has 0 aromatic rings. The average molecular weight is 257 g/mol. The van der Waals surface area contributed by atoms with Gasteiger partial charge in [-0.1, -0.05) is 0 Å². The highest BCUT2D eigenvalue weighted by molar-refractivity contribution is 4.77. The molecule has 0 aliphatic carbocycles. The number of hydrogen-bond acceptors (Lipinski definition) is 4. The van der Waals surface area contributed by atoms with Crippen LogP contribution in [0, 0.1) is 0 Å². The second-order valence-corrected chi connectivity index (χ2v) is 5.51. The van der Waals surface area contributed by atoms with Gasteiger partial charge in [0.1, 0.15) is 0 Å². The monoisotopic (exact) mass is 257 g/mol. The largest absolute Gasteiger partial charge is 0.383 e. The highest BCUT2D eigenvalue weighted by atomic mass is 16.5. The fourth-order valence-corrected chi connectivity index (χ4v) is 2.54. The molecule has 18 heavy (non-hydrogen) atoms. The predicted octanol–water partition coefficient (Wildman–Crippen LogP) is 1.03. The summed E-state index contributed by atoms with van der Waals surface area (Å²) < 4.78 is 5.00. The number of piperidine rings is 1. The van der Waals surface area contributed by atoms with Crippen molar-refractivity contribution in [2.45, 2.75) is 31.7 Å². The van der Waals surface area contributed by atoms with Gasteiger partial charge in [0, 0.05) is 26.2 Å². The standard InChI is InChI=1S/C14H31N3O/c1-16(2)14-7-6-11-17(13-14)10-5-4-8-15-9-12-18-3/h14-15H,4-13H2,1-3H3. The van der Waals surface area contributed by atoms with Crippen LogP contribution >= 0.6 is 0 Å². The van der Waals surface area contributed by atoms with Gasteiger partial charge in [0.15, 0.2) is 0 Å². The van der Waals surface area contributed by atoms with Crippen molar-refractivity contribution in [2.75, 3.05) is 60.5 Å². The minimum atomic E-state index is 0.763. The molecule has 1 heterocycles. The smallest absolute Gasteiger partial charge is 0.0587 e. The van der Waals surface area contributed by atoms with Gasteiger partial charge in [-0.25, -0.2) is 0 Å². The molecule has 0 radical (unpaired) electrons. The summed E-state index contributed by atoms with van der Waals surface area (Å²) in [6, 6.07) is 0.763. The molecule has 0 saturated carbocycles. The molecule has 1 saturated heterocycles. The Hall–Kier alpha value is -0.160. The number of likely N-dealkylation sites (tertiary alicyclic amines) is 1. The quantitative estimate of drug-likeness (QED) is 0.624. The van der Waals surface area contributed by atoms with Crippen molar-refractivity contribution < 1.29 is 4.74 Å². The minimum absolute atomic E-state index is 0.763. The number of nitrogens with one attached hydrogen (secondary N) is 1. The zero-order chi connectivity index (χ0) is 13.2. The fourth-order valence-electron chi connectivity index (χ4n) is 2.54. The van der Waals surface area contributed by atoms with E-state index in [1.165, 1.54) is 45.3 Å². The van der Waals surface area contributed by atoms with E-state index < -0.39 is 0 Å². The third-order valence-electron chi connectivity index (χ3n) is 3.77. The van der Waals surface area contributed by atoms with Gasteiger partial charge in [0.2, 0.25) is 0 Å². The van der Waals surface area contributed by atoms with Gasteiger partial charge in [-0.15, -0.1) is 0 Å². The van der Waals surface area contributed by atoms with Crippen LogP contribution in [0.5, 0.6) is 0 Å². The minimum Gasteiger partial charge on any atom is -0.383 e. The molecular weight excluding hydrogens is 226 g/mol. The van der Waals surface area contributed by atoms with E-state index in [4.69, 9.17) is 4.74 Å². The van der Waals surface area contributed by atoms with Gasteiger partial charge in [-0.05, 0) is 59.4 Å². The fraction of sp³-hybridized carbons (Fsp3) is 1.00. The van der Waals surface area contributed by atoms with Crippen LogP contribution in [-0.2, 0) is 4.74 Å². The summed E-state index contributed by atoms with van der Waals surface area (Å²) in [7, 11) is 6.15. The molecule has 1 atom stereocenters. The predicted molar refractivity (Wildman–Crippen MR) is 77.1 cm³/mol. The second-order valence-electron chi connectivity index (χ2n) is 5.51. The van der Waals surface area contributed by atoms with E-state index in [-0.39, 0.29) is 0 Å². The molecule has 1 aliphatic rings. The summed E-state index contributed by atoms with van der Waals surface area (Å²) in [6.07, 6.45) is 5.30. The maximum Gasteiger partial charge on any atom is 0.0587 e. The van der Waals surface area contributed by atoms with E-state index >= 15 is 0 Å². The Morgan fingerprint density at radius 1 is 1.28 bits per heavy atom. The first-order chi connectivity index (χ1) is 8.74. The summed E-state index contributed by atoms with van der Waals surface area (Å²) in [6.45, 7) is 6.72. The zero-order valence-electron chi connectivity index (χ0n) is 12.5. The third-order valence-corrected chi connectivity index (χ3v) is 3.77. The molecule has 0 aromatic carbocycles. The lowest BCUT2D eigenvalue weighted by Gasteiger charge is -2.36. The first-order valence-corrected chi connectivity index (χ1v) is 7.32. The number of rotatable bonds is 9. The van der Waals surface area contributed by atoms with Crippen LogP contribution in [0.1, 0.15) is 25.7 Å². The van der Waals surface area contributed by atoms with Crippen LogP contribution in [0.15, 0.2) is 0 Å². The van der Waals surface area contributed by atoms with Crippen molar-refractivity contribution in [3.8, 4) is 0 Å². The maximum atomic E-state index is 5.00. The number of hydrogen-bond donors (Lipinski definition) is 1. The lowest BCUT2D eigenvalue weighted by atomic mass is 10.0. The molecule has 1 unspecified atom stereocenters. The first kappa shape index (κ1) is 15.9.